The summed E-state index contributed by atoms with van der Waals surface area (Å²) in [5, 5.41) is 10.4. The van der Waals surface area contributed by atoms with Crippen molar-refractivity contribution in [2.24, 2.45) is 0 Å². The zero-order valence-corrected chi connectivity index (χ0v) is 10.7. The molecule has 0 aliphatic heterocycles. The Bertz CT molecular complexity index is 383. The zero-order chi connectivity index (χ0) is 12.9. The summed E-state index contributed by atoms with van der Waals surface area (Å²) >= 11 is 0. The van der Waals surface area contributed by atoms with E-state index in [1.54, 1.807) is 33.3 Å². The molecule has 1 aromatic rings. The number of allylic oxidation sites excluding steroid dienone is 1. The number of hydrogen-bond acceptors (Lipinski definition) is 3. The van der Waals surface area contributed by atoms with Gasteiger partial charge >= 0.3 is 0 Å². The van der Waals surface area contributed by atoms with E-state index in [1.807, 2.05) is 12.1 Å². The van der Waals surface area contributed by atoms with Gasteiger partial charge in [0.05, 0.1) is 19.8 Å². The summed E-state index contributed by atoms with van der Waals surface area (Å²) < 4.78 is 10.4. The first-order valence-electron chi connectivity index (χ1n) is 5.61. The minimum absolute atomic E-state index is 0.629. The lowest BCUT2D eigenvalue weighted by Gasteiger charge is -2.24. The summed E-state index contributed by atoms with van der Waals surface area (Å²) in [6, 6.07) is 5.46. The van der Waals surface area contributed by atoms with Crippen LogP contribution in [0.15, 0.2) is 30.9 Å². The van der Waals surface area contributed by atoms with Gasteiger partial charge in [-0.3, -0.25) is 0 Å². The summed E-state index contributed by atoms with van der Waals surface area (Å²) in [7, 11) is 3.17. The number of methoxy groups -OCH3 is 2. The number of rotatable bonds is 6. The van der Waals surface area contributed by atoms with Gasteiger partial charge in [-0.1, -0.05) is 12.1 Å². The van der Waals surface area contributed by atoms with Crippen molar-refractivity contribution >= 4 is 0 Å². The van der Waals surface area contributed by atoms with Crippen LogP contribution >= 0.6 is 0 Å². The average Bonchev–Trinajstić information content (AvgIpc) is 2.35. The summed E-state index contributed by atoms with van der Waals surface area (Å²) in [5.74, 6) is 1.29. The Hall–Kier alpha value is -1.48. The predicted molar refractivity (Wildman–Crippen MR) is 68.5 cm³/mol. The highest BCUT2D eigenvalue weighted by Gasteiger charge is 2.23. The van der Waals surface area contributed by atoms with Gasteiger partial charge in [-0.05, 0) is 37.5 Å². The van der Waals surface area contributed by atoms with Crippen LogP contribution in [0.1, 0.15) is 25.3 Å². The second-order valence-corrected chi connectivity index (χ2v) is 4.17. The third-order valence-corrected chi connectivity index (χ3v) is 2.84. The lowest BCUT2D eigenvalue weighted by molar-refractivity contribution is 0.0485. The molecule has 94 valence electrons. The fourth-order valence-corrected chi connectivity index (χ4v) is 1.70. The molecule has 0 saturated carbocycles. The Morgan fingerprint density at radius 1 is 1.29 bits per heavy atom. The van der Waals surface area contributed by atoms with E-state index < -0.39 is 5.60 Å². The molecule has 0 aliphatic carbocycles. The molecule has 1 N–H and O–H groups in total. The van der Waals surface area contributed by atoms with Crippen molar-refractivity contribution in [2.75, 3.05) is 14.2 Å². The minimum atomic E-state index is -0.881. The van der Waals surface area contributed by atoms with Crippen LogP contribution in [0.5, 0.6) is 11.5 Å². The summed E-state index contributed by atoms with van der Waals surface area (Å²) in [6.45, 7) is 5.45. The van der Waals surface area contributed by atoms with E-state index in [4.69, 9.17) is 9.47 Å². The molecule has 1 rings (SSSR count). The second kappa shape index (κ2) is 5.73. The van der Waals surface area contributed by atoms with Crippen LogP contribution in [0.25, 0.3) is 0 Å². The molecule has 0 saturated heterocycles. The largest absolute Gasteiger partial charge is 0.493 e. The van der Waals surface area contributed by atoms with Gasteiger partial charge in [-0.25, -0.2) is 0 Å². The predicted octanol–water partition coefficient (Wildman–Crippen LogP) is 2.88. The minimum Gasteiger partial charge on any atom is -0.493 e. The zero-order valence-electron chi connectivity index (χ0n) is 10.7. The smallest absolute Gasteiger partial charge is 0.161 e. The normalized spacial score (nSPS) is 13.9. The molecule has 0 spiro atoms. The second-order valence-electron chi connectivity index (χ2n) is 4.17. The maximum Gasteiger partial charge on any atom is 0.161 e. The monoisotopic (exact) mass is 236 g/mol. The number of hydrogen-bond donors (Lipinski definition) is 1. The molecule has 0 radical (unpaired) electrons. The molecule has 1 unspecified atom stereocenters. The topological polar surface area (TPSA) is 38.7 Å². The van der Waals surface area contributed by atoms with Gasteiger partial charge in [0, 0.05) is 0 Å². The van der Waals surface area contributed by atoms with E-state index in [0.29, 0.717) is 17.9 Å². The van der Waals surface area contributed by atoms with E-state index in [0.717, 1.165) is 12.0 Å². The fourth-order valence-electron chi connectivity index (χ4n) is 1.70. The van der Waals surface area contributed by atoms with E-state index in [9.17, 15) is 5.11 Å². The number of aliphatic hydroxyl groups is 1. The first-order valence-corrected chi connectivity index (χ1v) is 5.61. The van der Waals surface area contributed by atoms with Crippen LogP contribution in [0, 0.1) is 0 Å². The van der Waals surface area contributed by atoms with Crippen LogP contribution in [-0.4, -0.2) is 19.3 Å². The third kappa shape index (κ3) is 3.24. The Morgan fingerprint density at radius 2 is 1.94 bits per heavy atom. The maximum absolute atomic E-state index is 10.4. The quantitative estimate of drug-likeness (QED) is 0.772. The molecule has 0 amide bonds. The highest BCUT2D eigenvalue weighted by atomic mass is 16.5. The molecule has 0 fully saturated rings. The molecule has 17 heavy (non-hydrogen) atoms. The molecule has 3 heteroatoms. The molecule has 1 atom stereocenters. The molecule has 3 nitrogen and oxygen atoms in total. The van der Waals surface area contributed by atoms with Gasteiger partial charge in [0.15, 0.2) is 11.5 Å². The molecule has 1 aromatic carbocycles. The van der Waals surface area contributed by atoms with Crippen LogP contribution < -0.4 is 9.47 Å². The lowest BCUT2D eigenvalue weighted by Crippen LogP contribution is -2.20. The van der Waals surface area contributed by atoms with Gasteiger partial charge in [-0.2, -0.15) is 0 Å². The van der Waals surface area contributed by atoms with E-state index >= 15 is 0 Å². The fraction of sp³-hybridized carbons (Fsp3) is 0.429. The van der Waals surface area contributed by atoms with Gasteiger partial charge in [-0.15, -0.1) is 6.58 Å². The molecule has 0 aliphatic rings. The Balaban J connectivity index is 3.01. The van der Waals surface area contributed by atoms with Crippen LogP contribution in [0.4, 0.5) is 0 Å². The average molecular weight is 236 g/mol. The van der Waals surface area contributed by atoms with Gasteiger partial charge < -0.3 is 14.6 Å². The molecule has 0 aromatic heterocycles. The Labute approximate surface area is 103 Å². The summed E-state index contributed by atoms with van der Waals surface area (Å²) in [5.41, 5.74) is -0.0645. The van der Waals surface area contributed by atoms with E-state index in [-0.39, 0.29) is 0 Å². The van der Waals surface area contributed by atoms with Crippen molar-refractivity contribution in [3.8, 4) is 11.5 Å². The molecule has 0 bridgehead atoms. The van der Waals surface area contributed by atoms with Gasteiger partial charge in [0.25, 0.3) is 0 Å². The summed E-state index contributed by atoms with van der Waals surface area (Å²) in [6.07, 6.45) is 3.20. The number of benzene rings is 1. The SMILES string of the molecule is C=CCCC(C)(O)c1ccc(OC)c(OC)c1. The van der Waals surface area contributed by atoms with Crippen LogP contribution in [0.3, 0.4) is 0 Å². The summed E-state index contributed by atoms with van der Waals surface area (Å²) in [4.78, 5) is 0. The standard InChI is InChI=1S/C14H20O3/c1-5-6-9-14(2,15)11-7-8-12(16-3)13(10-11)17-4/h5,7-8,10,15H,1,6,9H2,2-4H3. The number of ether oxygens (including phenoxy) is 2. The van der Waals surface area contributed by atoms with Crippen molar-refractivity contribution in [2.45, 2.75) is 25.4 Å². The highest BCUT2D eigenvalue weighted by molar-refractivity contribution is 5.44. The molecule has 0 heterocycles. The first-order chi connectivity index (χ1) is 8.05. The van der Waals surface area contributed by atoms with Crippen LogP contribution in [-0.2, 0) is 5.60 Å². The van der Waals surface area contributed by atoms with E-state index in [1.165, 1.54) is 0 Å². The molecular weight excluding hydrogens is 216 g/mol. The van der Waals surface area contributed by atoms with Crippen molar-refractivity contribution in [1.29, 1.82) is 0 Å². The van der Waals surface area contributed by atoms with E-state index in [2.05, 4.69) is 6.58 Å². The molecular formula is C14H20O3. The van der Waals surface area contributed by atoms with Gasteiger partial charge in [0.2, 0.25) is 0 Å². The van der Waals surface area contributed by atoms with Gasteiger partial charge in [0.1, 0.15) is 0 Å². The first kappa shape index (κ1) is 13.6. The van der Waals surface area contributed by atoms with Crippen molar-refractivity contribution in [1.82, 2.24) is 0 Å². The van der Waals surface area contributed by atoms with Crippen LogP contribution in [0.2, 0.25) is 0 Å². The lowest BCUT2D eigenvalue weighted by atomic mass is 9.91. The maximum atomic E-state index is 10.4. The third-order valence-electron chi connectivity index (χ3n) is 2.84. The Morgan fingerprint density at radius 3 is 2.47 bits per heavy atom. The van der Waals surface area contributed by atoms with Crippen molar-refractivity contribution < 1.29 is 14.6 Å². The highest BCUT2D eigenvalue weighted by Crippen LogP contribution is 2.34. The van der Waals surface area contributed by atoms with Crippen molar-refractivity contribution in [3.05, 3.63) is 36.4 Å². The Kier molecular flexibility index (Phi) is 4.58. The van der Waals surface area contributed by atoms with Crippen molar-refractivity contribution in [3.63, 3.8) is 0 Å².